The Balaban J connectivity index is 2.07. The van der Waals surface area contributed by atoms with Gasteiger partial charge in [-0.3, -0.25) is 9.69 Å². The number of likely N-dealkylation sites (N-methyl/N-ethyl adjacent to an activating group) is 1. The van der Waals surface area contributed by atoms with Crippen molar-refractivity contribution in [3.8, 4) is 0 Å². The van der Waals surface area contributed by atoms with Gasteiger partial charge in [-0.25, -0.2) is 18.6 Å². The highest BCUT2D eigenvalue weighted by atomic mass is 35.5. The number of rotatable bonds is 3. The zero-order valence-corrected chi connectivity index (χ0v) is 22.0. The fourth-order valence-electron chi connectivity index (χ4n) is 3.67. The van der Waals surface area contributed by atoms with E-state index >= 15 is 0 Å². The van der Waals surface area contributed by atoms with Gasteiger partial charge in [-0.15, -0.1) is 0 Å². The molecular formula is C24H26ClF5N4O4. The summed E-state index contributed by atoms with van der Waals surface area (Å²) in [5.41, 5.74) is -2.28. The Kier molecular flexibility index (Phi) is 8.42. The van der Waals surface area contributed by atoms with Crippen LogP contribution < -0.4 is 9.80 Å². The first kappa shape index (κ1) is 29.4. The number of ether oxygens (including phenoxy) is 2. The van der Waals surface area contributed by atoms with Crippen LogP contribution in [0.5, 0.6) is 0 Å². The van der Waals surface area contributed by atoms with Gasteiger partial charge in [0.25, 0.3) is 5.91 Å². The molecular weight excluding hydrogens is 539 g/mol. The van der Waals surface area contributed by atoms with Gasteiger partial charge >= 0.3 is 12.3 Å². The third kappa shape index (κ3) is 6.62. The molecule has 1 saturated heterocycles. The van der Waals surface area contributed by atoms with E-state index in [0.717, 1.165) is 39.0 Å². The molecule has 0 aliphatic carbocycles. The van der Waals surface area contributed by atoms with Gasteiger partial charge < -0.3 is 19.3 Å². The monoisotopic (exact) mass is 564 g/mol. The van der Waals surface area contributed by atoms with E-state index in [1.54, 1.807) is 20.8 Å². The summed E-state index contributed by atoms with van der Waals surface area (Å²) in [6.07, 6.45) is -5.55. The van der Waals surface area contributed by atoms with Crippen LogP contribution in [-0.4, -0.2) is 60.6 Å². The number of carbonyl (C=O) groups excluding carboxylic acids is 2. The fraction of sp³-hybridized carbons (Fsp3) is 0.458. The van der Waals surface area contributed by atoms with E-state index in [1.165, 1.54) is 14.0 Å². The smallest absolute Gasteiger partial charge is 0.416 e. The summed E-state index contributed by atoms with van der Waals surface area (Å²) in [5, 5.41) is -0.839. The number of aromatic nitrogens is 1. The summed E-state index contributed by atoms with van der Waals surface area (Å²) in [4.78, 5) is 33.7. The molecule has 1 atom stereocenters. The molecule has 2 amide bonds. The largest absolute Gasteiger partial charge is 0.444 e. The third-order valence-corrected chi connectivity index (χ3v) is 5.80. The lowest BCUT2D eigenvalue weighted by atomic mass is 10.1. The molecule has 0 saturated carbocycles. The maximum absolute atomic E-state index is 14.7. The first-order chi connectivity index (χ1) is 17.5. The number of pyridine rings is 1. The highest BCUT2D eigenvalue weighted by molar-refractivity contribution is 6.31. The van der Waals surface area contributed by atoms with Crippen molar-refractivity contribution in [1.29, 1.82) is 0 Å². The van der Waals surface area contributed by atoms with Crippen LogP contribution in [0.2, 0.25) is 5.02 Å². The maximum atomic E-state index is 14.7. The molecule has 0 radical (unpaired) electrons. The number of nitrogens with zero attached hydrogens (tertiary/aromatic N) is 4. The normalized spacial score (nSPS) is 16.8. The second kappa shape index (κ2) is 10.9. The molecule has 0 spiro atoms. The summed E-state index contributed by atoms with van der Waals surface area (Å²) in [5.74, 6) is -3.37. The number of anilines is 2. The van der Waals surface area contributed by atoms with E-state index < -0.39 is 65.3 Å². The highest BCUT2D eigenvalue weighted by Crippen LogP contribution is 2.33. The molecule has 1 fully saturated rings. The van der Waals surface area contributed by atoms with E-state index in [9.17, 15) is 31.5 Å². The van der Waals surface area contributed by atoms with Gasteiger partial charge in [-0.1, -0.05) is 11.6 Å². The van der Waals surface area contributed by atoms with Gasteiger partial charge in [-0.05, 0) is 52.0 Å². The van der Waals surface area contributed by atoms with Crippen molar-refractivity contribution in [2.24, 2.45) is 0 Å². The molecule has 14 heteroatoms. The van der Waals surface area contributed by atoms with Crippen LogP contribution in [0, 0.1) is 18.6 Å². The summed E-state index contributed by atoms with van der Waals surface area (Å²) in [6.45, 7) is 5.03. The average molecular weight is 565 g/mol. The molecule has 1 aliphatic heterocycles. The van der Waals surface area contributed by atoms with E-state index in [-0.39, 0.29) is 23.9 Å². The van der Waals surface area contributed by atoms with Gasteiger partial charge in [0.1, 0.15) is 41.8 Å². The summed E-state index contributed by atoms with van der Waals surface area (Å²) in [7, 11) is 1.18. The average Bonchev–Trinajstić information content (AvgIpc) is 3.03. The maximum Gasteiger partial charge on any atom is 0.416 e. The topological polar surface area (TPSA) is 75.2 Å². The Bertz CT molecular complexity index is 1220. The predicted molar refractivity (Wildman–Crippen MR) is 129 cm³/mol. The molecule has 38 heavy (non-hydrogen) atoms. The lowest BCUT2D eigenvalue weighted by Crippen LogP contribution is -2.53. The Morgan fingerprint density at radius 3 is 2.42 bits per heavy atom. The second-order valence-electron chi connectivity index (χ2n) is 9.60. The van der Waals surface area contributed by atoms with E-state index in [4.69, 9.17) is 21.1 Å². The molecule has 0 unspecified atom stereocenters. The van der Waals surface area contributed by atoms with Crippen LogP contribution in [0.1, 0.15) is 32.0 Å². The van der Waals surface area contributed by atoms with Crippen LogP contribution in [0.15, 0.2) is 24.3 Å². The fourth-order valence-corrected chi connectivity index (χ4v) is 3.83. The van der Waals surface area contributed by atoms with Crippen LogP contribution in [0.3, 0.4) is 0 Å². The first-order valence-electron chi connectivity index (χ1n) is 11.3. The van der Waals surface area contributed by atoms with Crippen LogP contribution in [0.25, 0.3) is 0 Å². The minimum absolute atomic E-state index is 0.0129. The minimum Gasteiger partial charge on any atom is -0.444 e. The molecule has 1 aromatic carbocycles. The molecule has 1 aliphatic rings. The van der Waals surface area contributed by atoms with Crippen molar-refractivity contribution in [3.63, 3.8) is 0 Å². The zero-order chi connectivity index (χ0) is 28.6. The molecule has 8 nitrogen and oxygen atoms in total. The molecule has 0 N–H and O–H groups in total. The Hall–Kier alpha value is -3.19. The Morgan fingerprint density at radius 2 is 1.82 bits per heavy atom. The molecule has 2 aromatic rings. The first-order valence-corrected chi connectivity index (χ1v) is 11.7. The van der Waals surface area contributed by atoms with Crippen molar-refractivity contribution in [3.05, 3.63) is 52.2 Å². The van der Waals surface area contributed by atoms with Crippen molar-refractivity contribution >= 4 is 35.1 Å². The zero-order valence-electron chi connectivity index (χ0n) is 21.2. The summed E-state index contributed by atoms with van der Waals surface area (Å²) in [6, 6.07) is 2.03. The summed E-state index contributed by atoms with van der Waals surface area (Å²) >= 11 is 5.67. The SMILES string of the molecule is Cc1cc(C(F)(F)F)cc(N2COCN(C(=O)OC(C)(C)C)C[C@H]2C(=O)N(C)c2ccc(F)c(Cl)c2F)n1. The number of hydrogen-bond donors (Lipinski definition) is 0. The van der Waals surface area contributed by atoms with Crippen LogP contribution in [-0.2, 0) is 20.4 Å². The number of amides is 2. The van der Waals surface area contributed by atoms with Crippen molar-refractivity contribution in [2.45, 2.75) is 45.5 Å². The summed E-state index contributed by atoms with van der Waals surface area (Å²) < 4.78 is 79.9. The molecule has 0 bridgehead atoms. The quantitative estimate of drug-likeness (QED) is 0.369. The molecule has 1 aromatic heterocycles. The van der Waals surface area contributed by atoms with E-state index in [0.29, 0.717) is 0 Å². The Morgan fingerprint density at radius 1 is 1.16 bits per heavy atom. The molecule has 2 heterocycles. The minimum atomic E-state index is -4.71. The third-order valence-electron chi connectivity index (χ3n) is 5.45. The number of alkyl halides is 3. The number of aryl methyl sites for hydroxylation is 1. The van der Waals surface area contributed by atoms with E-state index in [1.807, 2.05) is 0 Å². The number of hydrogen-bond acceptors (Lipinski definition) is 6. The number of benzene rings is 1. The van der Waals surface area contributed by atoms with Gasteiger partial charge in [0.2, 0.25) is 0 Å². The van der Waals surface area contributed by atoms with Gasteiger partial charge in [0.15, 0.2) is 5.82 Å². The standard InChI is InChI=1S/C24H26ClF5N4O4/c1-13-8-14(24(28,29)30)9-18(31-13)34-12-37-11-33(22(36)38-23(2,3)4)10-17(34)21(35)32(5)16-7-6-15(26)19(25)20(16)27/h6-9,17H,10-12H2,1-5H3/t17-/m0/s1. The van der Waals surface area contributed by atoms with Crippen LogP contribution >= 0.6 is 11.6 Å². The second-order valence-corrected chi connectivity index (χ2v) is 9.97. The van der Waals surface area contributed by atoms with Crippen LogP contribution in [0.4, 0.5) is 38.3 Å². The van der Waals surface area contributed by atoms with Gasteiger partial charge in [0.05, 0.1) is 17.8 Å². The highest BCUT2D eigenvalue weighted by Gasteiger charge is 2.39. The number of carbonyl (C=O) groups is 2. The lowest BCUT2D eigenvalue weighted by Gasteiger charge is -2.34. The number of halogens is 6. The van der Waals surface area contributed by atoms with Gasteiger partial charge in [0, 0.05) is 12.7 Å². The van der Waals surface area contributed by atoms with Crippen molar-refractivity contribution in [1.82, 2.24) is 9.88 Å². The molecule has 3 rings (SSSR count). The van der Waals surface area contributed by atoms with Gasteiger partial charge in [-0.2, -0.15) is 13.2 Å². The predicted octanol–water partition coefficient (Wildman–Crippen LogP) is 5.36. The molecule has 208 valence electrons. The van der Waals surface area contributed by atoms with Crippen molar-refractivity contribution in [2.75, 3.05) is 36.9 Å². The van der Waals surface area contributed by atoms with Crippen molar-refractivity contribution < 1.29 is 41.0 Å². The Labute approximate surface area is 220 Å². The van der Waals surface area contributed by atoms with E-state index in [2.05, 4.69) is 4.98 Å². The lowest BCUT2D eigenvalue weighted by molar-refractivity contribution is -0.137.